The second-order valence-electron chi connectivity index (χ2n) is 7.06. The smallest absolute Gasteiger partial charge is 0.227 e. The van der Waals surface area contributed by atoms with E-state index in [2.05, 4.69) is 12.1 Å². The van der Waals surface area contributed by atoms with Gasteiger partial charge in [-0.3, -0.25) is 4.79 Å². The van der Waals surface area contributed by atoms with Crippen LogP contribution in [0.2, 0.25) is 0 Å². The van der Waals surface area contributed by atoms with E-state index < -0.39 is 0 Å². The van der Waals surface area contributed by atoms with Crippen LogP contribution in [-0.4, -0.2) is 43.1 Å². The number of rotatable bonds is 5. The number of benzene rings is 2. The van der Waals surface area contributed by atoms with Gasteiger partial charge < -0.3 is 14.4 Å². The Kier molecular flexibility index (Phi) is 5.48. The van der Waals surface area contributed by atoms with Crippen LogP contribution in [0.15, 0.2) is 42.5 Å². The second-order valence-corrected chi connectivity index (χ2v) is 8.13. The van der Waals surface area contributed by atoms with Crippen LogP contribution in [0.1, 0.15) is 29.3 Å². The minimum atomic E-state index is 0.151. The summed E-state index contributed by atoms with van der Waals surface area (Å²) in [5.74, 6) is 1.80. The van der Waals surface area contributed by atoms with Crippen LogP contribution < -0.4 is 9.47 Å². The Bertz CT molecular complexity index is 952. The standard InChI is InChI=1S/C22H24N2O3S/c1-26-18-10-9-15(12-19(18)27-2)13-21(25)24-11-5-6-16(14-24)22-23-17-7-3-4-8-20(17)28-22/h3-4,7-10,12,16H,5-6,11,13-14H2,1-2H3/t16-/m0/s1. The van der Waals surface area contributed by atoms with Crippen LogP contribution in [0, 0.1) is 0 Å². The maximum absolute atomic E-state index is 12.9. The zero-order valence-corrected chi connectivity index (χ0v) is 17.0. The second kappa shape index (κ2) is 8.19. The molecule has 1 fully saturated rings. The van der Waals surface area contributed by atoms with E-state index in [0.29, 0.717) is 23.8 Å². The van der Waals surface area contributed by atoms with Gasteiger partial charge in [0.15, 0.2) is 11.5 Å². The Labute approximate surface area is 168 Å². The lowest BCUT2D eigenvalue weighted by atomic mass is 9.98. The lowest BCUT2D eigenvalue weighted by Gasteiger charge is -2.32. The first-order valence-electron chi connectivity index (χ1n) is 9.52. The Balaban J connectivity index is 1.46. The molecule has 1 amide bonds. The number of methoxy groups -OCH3 is 2. The fourth-order valence-corrected chi connectivity index (χ4v) is 4.84. The van der Waals surface area contributed by atoms with Gasteiger partial charge in [-0.25, -0.2) is 4.98 Å². The van der Waals surface area contributed by atoms with Crippen molar-refractivity contribution in [2.75, 3.05) is 27.3 Å². The van der Waals surface area contributed by atoms with Crippen LogP contribution in [0.25, 0.3) is 10.2 Å². The summed E-state index contributed by atoms with van der Waals surface area (Å²) in [5.41, 5.74) is 1.99. The summed E-state index contributed by atoms with van der Waals surface area (Å²) >= 11 is 1.75. The van der Waals surface area contributed by atoms with Crippen LogP contribution in [0.4, 0.5) is 0 Å². The van der Waals surface area contributed by atoms with Gasteiger partial charge in [-0.2, -0.15) is 0 Å². The van der Waals surface area contributed by atoms with Crippen molar-refractivity contribution in [1.29, 1.82) is 0 Å². The molecular formula is C22H24N2O3S. The lowest BCUT2D eigenvalue weighted by Crippen LogP contribution is -2.39. The average Bonchev–Trinajstić information content (AvgIpc) is 3.18. The van der Waals surface area contributed by atoms with Crippen molar-refractivity contribution < 1.29 is 14.3 Å². The Morgan fingerprint density at radius 1 is 1.18 bits per heavy atom. The maximum atomic E-state index is 12.9. The summed E-state index contributed by atoms with van der Waals surface area (Å²) in [6.45, 7) is 1.56. The first-order valence-corrected chi connectivity index (χ1v) is 10.3. The molecular weight excluding hydrogens is 372 g/mol. The Hall–Kier alpha value is -2.60. The lowest BCUT2D eigenvalue weighted by molar-refractivity contribution is -0.131. The number of hydrogen-bond donors (Lipinski definition) is 0. The molecule has 0 radical (unpaired) electrons. The van der Waals surface area contributed by atoms with Crippen molar-refractivity contribution in [3.63, 3.8) is 0 Å². The van der Waals surface area contributed by atoms with Crippen molar-refractivity contribution in [3.8, 4) is 11.5 Å². The summed E-state index contributed by atoms with van der Waals surface area (Å²) in [4.78, 5) is 19.7. The molecule has 0 bridgehead atoms. The van der Waals surface area contributed by atoms with E-state index in [9.17, 15) is 4.79 Å². The van der Waals surface area contributed by atoms with Crippen molar-refractivity contribution in [2.45, 2.75) is 25.2 Å². The predicted molar refractivity (Wildman–Crippen MR) is 111 cm³/mol. The number of thiazole rings is 1. The van der Waals surface area contributed by atoms with E-state index in [-0.39, 0.29) is 5.91 Å². The van der Waals surface area contributed by atoms with Crippen LogP contribution in [0.5, 0.6) is 11.5 Å². The zero-order valence-electron chi connectivity index (χ0n) is 16.2. The number of hydrogen-bond acceptors (Lipinski definition) is 5. The summed E-state index contributed by atoms with van der Waals surface area (Å²) in [7, 11) is 3.22. The van der Waals surface area contributed by atoms with Crippen LogP contribution >= 0.6 is 11.3 Å². The topological polar surface area (TPSA) is 51.7 Å². The van der Waals surface area contributed by atoms with Gasteiger partial charge in [0.25, 0.3) is 0 Å². The van der Waals surface area contributed by atoms with Gasteiger partial charge in [0.1, 0.15) is 0 Å². The highest BCUT2D eigenvalue weighted by atomic mass is 32.1. The summed E-state index contributed by atoms with van der Waals surface area (Å²) in [6.07, 6.45) is 2.46. The van der Waals surface area contributed by atoms with Crippen molar-refractivity contribution in [1.82, 2.24) is 9.88 Å². The Morgan fingerprint density at radius 3 is 2.79 bits per heavy atom. The normalized spacial score (nSPS) is 16.9. The highest BCUT2D eigenvalue weighted by molar-refractivity contribution is 7.18. The van der Waals surface area contributed by atoms with Gasteiger partial charge >= 0.3 is 0 Å². The third-order valence-electron chi connectivity index (χ3n) is 5.24. The monoisotopic (exact) mass is 396 g/mol. The van der Waals surface area contributed by atoms with E-state index >= 15 is 0 Å². The van der Waals surface area contributed by atoms with E-state index in [1.54, 1.807) is 25.6 Å². The molecule has 0 spiro atoms. The molecule has 3 aromatic rings. The van der Waals surface area contributed by atoms with E-state index in [1.165, 1.54) is 4.70 Å². The molecule has 0 unspecified atom stereocenters. The van der Waals surface area contributed by atoms with Crippen molar-refractivity contribution in [3.05, 3.63) is 53.0 Å². The highest BCUT2D eigenvalue weighted by Crippen LogP contribution is 2.33. The molecule has 1 aromatic heterocycles. The van der Waals surface area contributed by atoms with Crippen LogP contribution in [0.3, 0.4) is 0 Å². The number of aromatic nitrogens is 1. The number of piperidine rings is 1. The van der Waals surface area contributed by atoms with Gasteiger partial charge in [-0.1, -0.05) is 18.2 Å². The number of para-hydroxylation sites is 1. The van der Waals surface area contributed by atoms with Crippen molar-refractivity contribution >= 4 is 27.5 Å². The predicted octanol–water partition coefficient (Wildman–Crippen LogP) is 4.26. The summed E-state index contributed by atoms with van der Waals surface area (Å²) < 4.78 is 11.8. The van der Waals surface area contributed by atoms with Gasteiger partial charge in [-0.05, 0) is 42.7 Å². The molecule has 6 heteroatoms. The molecule has 146 valence electrons. The molecule has 1 aliphatic heterocycles. The van der Waals surface area contributed by atoms with Crippen LogP contribution in [-0.2, 0) is 11.2 Å². The van der Waals surface area contributed by atoms with Gasteiger partial charge in [-0.15, -0.1) is 11.3 Å². The molecule has 4 rings (SSSR count). The third-order valence-corrected chi connectivity index (χ3v) is 6.44. The number of carbonyl (C=O) groups is 1. The third kappa shape index (κ3) is 3.83. The number of ether oxygens (including phenoxy) is 2. The van der Waals surface area contributed by atoms with Crippen molar-refractivity contribution in [2.24, 2.45) is 0 Å². The van der Waals surface area contributed by atoms with E-state index in [1.807, 2.05) is 35.2 Å². The summed E-state index contributed by atoms with van der Waals surface area (Å²) in [6, 6.07) is 13.9. The number of likely N-dealkylation sites (tertiary alicyclic amines) is 1. The summed E-state index contributed by atoms with van der Waals surface area (Å²) in [5, 5.41) is 1.14. The molecule has 1 atom stereocenters. The van der Waals surface area contributed by atoms with Gasteiger partial charge in [0.05, 0.1) is 35.9 Å². The minimum Gasteiger partial charge on any atom is -0.493 e. The van der Waals surface area contributed by atoms with Gasteiger partial charge in [0.2, 0.25) is 5.91 Å². The number of fused-ring (bicyclic) bond motifs is 1. The molecule has 28 heavy (non-hydrogen) atoms. The number of carbonyl (C=O) groups excluding carboxylic acids is 1. The molecule has 1 aliphatic rings. The quantitative estimate of drug-likeness (QED) is 0.647. The fourth-order valence-electron chi connectivity index (χ4n) is 3.75. The largest absolute Gasteiger partial charge is 0.493 e. The molecule has 0 N–H and O–H groups in total. The average molecular weight is 397 g/mol. The first kappa shape index (κ1) is 18.7. The maximum Gasteiger partial charge on any atom is 0.227 e. The van der Waals surface area contributed by atoms with E-state index in [4.69, 9.17) is 14.5 Å². The Morgan fingerprint density at radius 2 is 2.00 bits per heavy atom. The highest BCUT2D eigenvalue weighted by Gasteiger charge is 2.27. The first-order chi connectivity index (χ1) is 13.7. The van der Waals surface area contributed by atoms with E-state index in [0.717, 1.165) is 42.0 Å². The fraction of sp³-hybridized carbons (Fsp3) is 0.364. The number of nitrogens with zero attached hydrogens (tertiary/aromatic N) is 2. The molecule has 1 saturated heterocycles. The molecule has 0 saturated carbocycles. The molecule has 2 aromatic carbocycles. The van der Waals surface area contributed by atoms with Gasteiger partial charge in [0, 0.05) is 19.0 Å². The SMILES string of the molecule is COc1ccc(CC(=O)N2CCC[C@H](c3nc4ccccc4s3)C2)cc1OC. The zero-order chi connectivity index (χ0) is 19.5. The minimum absolute atomic E-state index is 0.151. The molecule has 5 nitrogen and oxygen atoms in total. The number of amides is 1. The molecule has 0 aliphatic carbocycles. The molecule has 2 heterocycles.